The summed E-state index contributed by atoms with van der Waals surface area (Å²) < 4.78 is 1.93. The summed E-state index contributed by atoms with van der Waals surface area (Å²) in [6, 6.07) is 11.7. The molecule has 0 aliphatic rings. The van der Waals surface area contributed by atoms with E-state index in [1.165, 1.54) is 0 Å². The van der Waals surface area contributed by atoms with Crippen molar-refractivity contribution in [1.82, 2.24) is 15.1 Å². The van der Waals surface area contributed by atoms with Gasteiger partial charge in [-0.05, 0) is 25.3 Å². The number of nitrogens with one attached hydrogen (secondary N) is 1. The second kappa shape index (κ2) is 8.30. The number of hydrogen-bond donors (Lipinski definition) is 1. The van der Waals surface area contributed by atoms with Gasteiger partial charge in [-0.1, -0.05) is 44.2 Å². The molecule has 0 fully saturated rings. The standard InChI is InChI=1S/C19H24N4O/c1-4-16(5-2)23-14(3)17(13-21-23)19(24)22-18(11-12-20)15-9-7-6-8-10-15/h6-10,13,16,18H,4-5,11H2,1-3H3,(H,22,24). The van der Waals surface area contributed by atoms with E-state index in [0.29, 0.717) is 11.6 Å². The van der Waals surface area contributed by atoms with Gasteiger partial charge in [-0.15, -0.1) is 0 Å². The molecule has 5 nitrogen and oxygen atoms in total. The average molecular weight is 324 g/mol. The number of hydrogen-bond acceptors (Lipinski definition) is 3. The van der Waals surface area contributed by atoms with E-state index in [9.17, 15) is 4.79 Å². The summed E-state index contributed by atoms with van der Waals surface area (Å²) in [6.45, 7) is 6.16. The Balaban J connectivity index is 2.21. The van der Waals surface area contributed by atoms with E-state index >= 15 is 0 Å². The van der Waals surface area contributed by atoms with Crippen molar-refractivity contribution in [2.24, 2.45) is 0 Å². The molecule has 1 amide bonds. The fourth-order valence-electron chi connectivity index (χ4n) is 2.91. The summed E-state index contributed by atoms with van der Waals surface area (Å²) in [7, 11) is 0. The monoisotopic (exact) mass is 324 g/mol. The maximum Gasteiger partial charge on any atom is 0.255 e. The van der Waals surface area contributed by atoms with E-state index in [1.807, 2.05) is 41.9 Å². The van der Waals surface area contributed by atoms with Crippen molar-refractivity contribution < 1.29 is 4.79 Å². The molecule has 2 rings (SSSR count). The highest BCUT2D eigenvalue weighted by Gasteiger charge is 2.21. The molecule has 0 aliphatic heterocycles. The molecule has 0 saturated carbocycles. The summed E-state index contributed by atoms with van der Waals surface area (Å²) in [4.78, 5) is 12.7. The van der Waals surface area contributed by atoms with E-state index in [0.717, 1.165) is 24.1 Å². The lowest BCUT2D eigenvalue weighted by atomic mass is 10.0. The predicted octanol–water partition coefficient (Wildman–Crippen LogP) is 3.94. The molecule has 1 aromatic heterocycles. The SMILES string of the molecule is CCC(CC)n1ncc(C(=O)NC(CC#N)c2ccccc2)c1C. The van der Waals surface area contributed by atoms with Crippen molar-refractivity contribution in [2.75, 3.05) is 0 Å². The van der Waals surface area contributed by atoms with Crippen molar-refractivity contribution in [3.05, 3.63) is 53.3 Å². The molecule has 1 atom stereocenters. The van der Waals surface area contributed by atoms with E-state index in [-0.39, 0.29) is 18.4 Å². The van der Waals surface area contributed by atoms with Gasteiger partial charge in [0.1, 0.15) is 0 Å². The Morgan fingerprint density at radius 1 is 1.29 bits per heavy atom. The number of amides is 1. The molecular weight excluding hydrogens is 300 g/mol. The van der Waals surface area contributed by atoms with Crippen molar-refractivity contribution >= 4 is 5.91 Å². The molecule has 0 saturated heterocycles. The van der Waals surface area contributed by atoms with Gasteiger partial charge in [0.25, 0.3) is 5.91 Å². The molecule has 126 valence electrons. The second-order valence-corrected chi connectivity index (χ2v) is 5.86. The molecule has 0 bridgehead atoms. The van der Waals surface area contributed by atoms with Crippen LogP contribution >= 0.6 is 0 Å². The number of carbonyl (C=O) groups excluding carboxylic acids is 1. The quantitative estimate of drug-likeness (QED) is 0.838. The van der Waals surface area contributed by atoms with Gasteiger partial charge in [0.15, 0.2) is 0 Å². The molecule has 1 unspecified atom stereocenters. The summed E-state index contributed by atoms with van der Waals surface area (Å²) in [6.07, 6.45) is 3.80. The minimum atomic E-state index is -0.320. The molecule has 1 N–H and O–H groups in total. The number of aromatic nitrogens is 2. The minimum absolute atomic E-state index is 0.186. The Labute approximate surface area is 143 Å². The van der Waals surface area contributed by atoms with Gasteiger partial charge < -0.3 is 5.32 Å². The zero-order valence-corrected chi connectivity index (χ0v) is 14.5. The summed E-state index contributed by atoms with van der Waals surface area (Å²) in [5.74, 6) is -0.186. The van der Waals surface area contributed by atoms with Crippen LogP contribution in [0.4, 0.5) is 0 Å². The third-order valence-electron chi connectivity index (χ3n) is 4.38. The normalized spacial score (nSPS) is 12.0. The molecular formula is C19H24N4O. The van der Waals surface area contributed by atoms with Gasteiger partial charge in [-0.3, -0.25) is 9.48 Å². The fraction of sp³-hybridized carbons (Fsp3) is 0.421. The van der Waals surface area contributed by atoms with Gasteiger partial charge in [0.2, 0.25) is 0 Å². The zero-order chi connectivity index (χ0) is 17.5. The van der Waals surface area contributed by atoms with E-state index in [4.69, 9.17) is 5.26 Å². The van der Waals surface area contributed by atoms with Crippen LogP contribution in [-0.4, -0.2) is 15.7 Å². The highest BCUT2D eigenvalue weighted by Crippen LogP contribution is 2.21. The van der Waals surface area contributed by atoms with Crippen LogP contribution in [-0.2, 0) is 0 Å². The highest BCUT2D eigenvalue weighted by molar-refractivity contribution is 5.95. The minimum Gasteiger partial charge on any atom is -0.344 e. The first-order valence-corrected chi connectivity index (χ1v) is 8.39. The zero-order valence-electron chi connectivity index (χ0n) is 14.5. The molecule has 24 heavy (non-hydrogen) atoms. The van der Waals surface area contributed by atoms with E-state index in [1.54, 1.807) is 6.20 Å². The van der Waals surface area contributed by atoms with Gasteiger partial charge in [-0.25, -0.2) is 0 Å². The number of carbonyl (C=O) groups is 1. The van der Waals surface area contributed by atoms with Gasteiger partial charge >= 0.3 is 0 Å². The average Bonchev–Trinajstić information content (AvgIpc) is 2.98. The van der Waals surface area contributed by atoms with E-state index in [2.05, 4.69) is 30.3 Å². The number of benzene rings is 1. The van der Waals surface area contributed by atoms with Crippen LogP contribution in [0.1, 0.15) is 66.8 Å². The number of rotatable bonds is 7. The molecule has 5 heteroatoms. The van der Waals surface area contributed by atoms with Crippen molar-refractivity contribution in [1.29, 1.82) is 5.26 Å². The first-order valence-electron chi connectivity index (χ1n) is 8.39. The lowest BCUT2D eigenvalue weighted by molar-refractivity contribution is 0.0936. The lowest BCUT2D eigenvalue weighted by Crippen LogP contribution is -2.28. The van der Waals surface area contributed by atoms with Crippen molar-refractivity contribution in [3.63, 3.8) is 0 Å². The fourth-order valence-corrected chi connectivity index (χ4v) is 2.91. The Hall–Kier alpha value is -2.61. The Morgan fingerprint density at radius 2 is 1.96 bits per heavy atom. The molecule has 1 aromatic carbocycles. The molecule has 2 aromatic rings. The van der Waals surface area contributed by atoms with Crippen LogP contribution < -0.4 is 5.32 Å². The van der Waals surface area contributed by atoms with Crippen LogP contribution in [0.25, 0.3) is 0 Å². The van der Waals surface area contributed by atoms with Gasteiger partial charge in [0.05, 0.1) is 36.3 Å². The summed E-state index contributed by atoms with van der Waals surface area (Å²) >= 11 is 0. The van der Waals surface area contributed by atoms with Crippen molar-refractivity contribution in [3.8, 4) is 6.07 Å². The Bertz CT molecular complexity index is 711. The Kier molecular flexibility index (Phi) is 6.14. The third-order valence-corrected chi connectivity index (χ3v) is 4.38. The maximum atomic E-state index is 12.7. The van der Waals surface area contributed by atoms with Gasteiger partial charge in [0, 0.05) is 5.69 Å². The molecule has 0 spiro atoms. The molecule has 0 radical (unpaired) electrons. The Morgan fingerprint density at radius 3 is 2.54 bits per heavy atom. The van der Waals surface area contributed by atoms with Crippen LogP contribution in [0, 0.1) is 18.3 Å². The molecule has 0 aliphatic carbocycles. The lowest BCUT2D eigenvalue weighted by Gasteiger charge is -2.17. The van der Waals surface area contributed by atoms with Crippen LogP contribution in [0.15, 0.2) is 36.5 Å². The van der Waals surface area contributed by atoms with Crippen molar-refractivity contribution in [2.45, 2.75) is 52.1 Å². The number of nitrogens with zero attached hydrogens (tertiary/aromatic N) is 3. The number of nitriles is 1. The highest BCUT2D eigenvalue weighted by atomic mass is 16.1. The topological polar surface area (TPSA) is 70.7 Å². The maximum absolute atomic E-state index is 12.7. The van der Waals surface area contributed by atoms with Crippen LogP contribution in [0.3, 0.4) is 0 Å². The summed E-state index contributed by atoms with van der Waals surface area (Å²) in [5, 5.41) is 16.4. The van der Waals surface area contributed by atoms with E-state index < -0.39 is 0 Å². The summed E-state index contributed by atoms with van der Waals surface area (Å²) in [5.41, 5.74) is 2.36. The first kappa shape index (κ1) is 17.7. The van der Waals surface area contributed by atoms with Crippen LogP contribution in [0.5, 0.6) is 0 Å². The predicted molar refractivity (Wildman–Crippen MR) is 93.5 cm³/mol. The third kappa shape index (κ3) is 3.83. The van der Waals surface area contributed by atoms with Gasteiger partial charge in [-0.2, -0.15) is 10.4 Å². The largest absolute Gasteiger partial charge is 0.344 e. The molecule has 1 heterocycles. The van der Waals surface area contributed by atoms with Crippen LogP contribution in [0.2, 0.25) is 0 Å². The smallest absolute Gasteiger partial charge is 0.255 e. The first-order chi connectivity index (χ1) is 11.6. The second-order valence-electron chi connectivity index (χ2n) is 5.86.